The minimum atomic E-state index is -0.902. The largest absolute Gasteiger partial charge is 0.478 e. The van der Waals surface area contributed by atoms with Gasteiger partial charge in [0.2, 0.25) is 0 Å². The predicted octanol–water partition coefficient (Wildman–Crippen LogP) is 6.56. The molecule has 1 N–H and O–H groups in total. The Morgan fingerprint density at radius 1 is 0.719 bits per heavy atom. The molecule has 0 radical (unpaired) electrons. The van der Waals surface area contributed by atoms with Crippen molar-refractivity contribution in [3.8, 4) is 0 Å². The van der Waals surface area contributed by atoms with E-state index in [0.29, 0.717) is 12.1 Å². The molecule has 0 aliphatic rings. The standard InChI is InChI=1S/C28H34N2O2/c1-4-29(5-2)24-18-14-22(15-19-24)10-9-11-23-16-20-25(21-17-23)30(6-3)27-13-8-7-12-26(27)28(31)32/h7-8,12-21H,4-6,9-11H2,1-3H3,(H,31,32). The third-order valence-corrected chi connectivity index (χ3v) is 5.99. The van der Waals surface area contributed by atoms with Crippen LogP contribution in [0.3, 0.4) is 0 Å². The molecule has 4 heteroatoms. The average Bonchev–Trinajstić information content (AvgIpc) is 2.82. The van der Waals surface area contributed by atoms with Crippen LogP contribution in [0.2, 0.25) is 0 Å². The van der Waals surface area contributed by atoms with E-state index in [9.17, 15) is 9.90 Å². The Labute approximate surface area is 192 Å². The Balaban J connectivity index is 1.61. The summed E-state index contributed by atoms with van der Waals surface area (Å²) in [4.78, 5) is 16.0. The Morgan fingerprint density at radius 2 is 1.25 bits per heavy atom. The molecule has 4 nitrogen and oxygen atoms in total. The van der Waals surface area contributed by atoms with E-state index in [1.54, 1.807) is 12.1 Å². The summed E-state index contributed by atoms with van der Waals surface area (Å²) in [6.45, 7) is 9.18. The van der Waals surface area contributed by atoms with E-state index in [4.69, 9.17) is 0 Å². The number of carbonyl (C=O) groups is 1. The molecule has 0 atom stereocenters. The van der Waals surface area contributed by atoms with Gasteiger partial charge < -0.3 is 14.9 Å². The second-order valence-corrected chi connectivity index (χ2v) is 7.93. The normalized spacial score (nSPS) is 10.7. The average molecular weight is 431 g/mol. The number of nitrogens with zero attached hydrogens (tertiary/aromatic N) is 2. The summed E-state index contributed by atoms with van der Waals surface area (Å²) in [5.74, 6) is -0.902. The highest BCUT2D eigenvalue weighted by molar-refractivity contribution is 5.95. The smallest absolute Gasteiger partial charge is 0.337 e. The van der Waals surface area contributed by atoms with Gasteiger partial charge in [-0.3, -0.25) is 0 Å². The number of carboxylic acid groups (broad SMARTS) is 1. The van der Waals surface area contributed by atoms with E-state index < -0.39 is 5.97 Å². The molecule has 0 saturated carbocycles. The highest BCUT2D eigenvalue weighted by Gasteiger charge is 2.15. The van der Waals surface area contributed by atoms with Crippen LogP contribution >= 0.6 is 0 Å². The maximum absolute atomic E-state index is 11.6. The number of aryl methyl sites for hydroxylation is 2. The fraction of sp³-hybridized carbons (Fsp3) is 0.321. The minimum Gasteiger partial charge on any atom is -0.478 e. The van der Waals surface area contributed by atoms with Crippen LogP contribution in [0.1, 0.15) is 48.7 Å². The van der Waals surface area contributed by atoms with Crippen molar-refractivity contribution in [3.05, 3.63) is 89.5 Å². The zero-order valence-electron chi connectivity index (χ0n) is 19.4. The number of rotatable bonds is 11. The second kappa shape index (κ2) is 11.4. The van der Waals surface area contributed by atoms with Crippen LogP contribution in [-0.2, 0) is 12.8 Å². The number of benzene rings is 3. The number of aromatic carboxylic acids is 1. The zero-order chi connectivity index (χ0) is 22.9. The van der Waals surface area contributed by atoms with E-state index >= 15 is 0 Å². The van der Waals surface area contributed by atoms with E-state index in [2.05, 4.69) is 67.3 Å². The van der Waals surface area contributed by atoms with Crippen LogP contribution < -0.4 is 9.80 Å². The molecule has 0 aromatic heterocycles. The van der Waals surface area contributed by atoms with Crippen LogP contribution in [0.4, 0.5) is 17.1 Å². The third kappa shape index (κ3) is 5.70. The molecule has 168 valence electrons. The first-order valence-electron chi connectivity index (χ1n) is 11.6. The summed E-state index contributed by atoms with van der Waals surface area (Å²) in [5, 5.41) is 9.53. The summed E-state index contributed by atoms with van der Waals surface area (Å²) >= 11 is 0. The van der Waals surface area contributed by atoms with Crippen molar-refractivity contribution >= 4 is 23.0 Å². The molecule has 3 rings (SSSR count). The Hall–Kier alpha value is -3.27. The summed E-state index contributed by atoms with van der Waals surface area (Å²) in [7, 11) is 0. The first kappa shape index (κ1) is 23.4. The van der Waals surface area contributed by atoms with E-state index in [0.717, 1.165) is 43.7 Å². The van der Waals surface area contributed by atoms with Gasteiger partial charge in [0, 0.05) is 31.0 Å². The van der Waals surface area contributed by atoms with Crippen molar-refractivity contribution in [1.82, 2.24) is 0 Å². The van der Waals surface area contributed by atoms with Crippen molar-refractivity contribution in [2.45, 2.75) is 40.0 Å². The highest BCUT2D eigenvalue weighted by Crippen LogP contribution is 2.29. The van der Waals surface area contributed by atoms with Crippen LogP contribution in [0.15, 0.2) is 72.8 Å². The molecule has 3 aromatic rings. The zero-order valence-corrected chi connectivity index (χ0v) is 19.4. The lowest BCUT2D eigenvalue weighted by molar-refractivity contribution is 0.0697. The van der Waals surface area contributed by atoms with Gasteiger partial charge in [-0.1, -0.05) is 36.4 Å². The Bertz CT molecular complexity index is 993. The Kier molecular flexibility index (Phi) is 8.32. The van der Waals surface area contributed by atoms with E-state index in [-0.39, 0.29) is 0 Å². The monoisotopic (exact) mass is 430 g/mol. The van der Waals surface area contributed by atoms with Gasteiger partial charge in [0.25, 0.3) is 0 Å². The van der Waals surface area contributed by atoms with Crippen LogP contribution in [-0.4, -0.2) is 30.7 Å². The van der Waals surface area contributed by atoms with E-state index in [1.165, 1.54) is 16.8 Å². The van der Waals surface area contributed by atoms with Gasteiger partial charge in [-0.2, -0.15) is 0 Å². The maximum Gasteiger partial charge on any atom is 0.337 e. The molecule has 0 spiro atoms. The summed E-state index contributed by atoms with van der Waals surface area (Å²) in [6.07, 6.45) is 3.19. The quantitative estimate of drug-likeness (QED) is 0.374. The molecule has 0 unspecified atom stereocenters. The molecule has 32 heavy (non-hydrogen) atoms. The predicted molar refractivity (Wildman–Crippen MR) is 135 cm³/mol. The molecule has 0 fully saturated rings. The lowest BCUT2D eigenvalue weighted by Gasteiger charge is -2.25. The topological polar surface area (TPSA) is 43.8 Å². The van der Waals surface area contributed by atoms with Gasteiger partial charge in [-0.05, 0) is 87.6 Å². The molecule has 0 aliphatic heterocycles. The van der Waals surface area contributed by atoms with Crippen LogP contribution in [0, 0.1) is 0 Å². The molecule has 0 aliphatic carbocycles. The van der Waals surface area contributed by atoms with Gasteiger partial charge in [-0.25, -0.2) is 4.79 Å². The lowest BCUT2D eigenvalue weighted by atomic mass is 10.0. The summed E-state index contributed by atoms with van der Waals surface area (Å²) in [6, 6.07) is 24.6. The van der Waals surface area contributed by atoms with Gasteiger partial charge in [0.15, 0.2) is 0 Å². The molecule has 0 bridgehead atoms. The van der Waals surface area contributed by atoms with Crippen LogP contribution in [0.5, 0.6) is 0 Å². The second-order valence-electron chi connectivity index (χ2n) is 7.93. The van der Waals surface area contributed by atoms with Crippen molar-refractivity contribution in [2.24, 2.45) is 0 Å². The maximum atomic E-state index is 11.6. The van der Waals surface area contributed by atoms with Crippen molar-refractivity contribution < 1.29 is 9.90 Å². The lowest BCUT2D eigenvalue weighted by Crippen LogP contribution is -2.21. The van der Waals surface area contributed by atoms with E-state index in [1.807, 2.05) is 24.0 Å². The molecule has 0 saturated heterocycles. The fourth-order valence-corrected chi connectivity index (χ4v) is 4.18. The molecule has 0 heterocycles. The number of carboxylic acids is 1. The summed E-state index contributed by atoms with van der Waals surface area (Å²) < 4.78 is 0. The minimum absolute atomic E-state index is 0.324. The fourth-order valence-electron chi connectivity index (χ4n) is 4.18. The number of hydrogen-bond donors (Lipinski definition) is 1. The highest BCUT2D eigenvalue weighted by atomic mass is 16.4. The number of anilines is 3. The van der Waals surface area contributed by atoms with Crippen molar-refractivity contribution in [1.29, 1.82) is 0 Å². The van der Waals surface area contributed by atoms with Gasteiger partial charge in [0.05, 0.1) is 11.3 Å². The first-order valence-corrected chi connectivity index (χ1v) is 11.6. The van der Waals surface area contributed by atoms with Gasteiger partial charge >= 0.3 is 5.97 Å². The van der Waals surface area contributed by atoms with Gasteiger partial charge in [-0.15, -0.1) is 0 Å². The van der Waals surface area contributed by atoms with Gasteiger partial charge in [0.1, 0.15) is 0 Å². The third-order valence-electron chi connectivity index (χ3n) is 5.99. The first-order chi connectivity index (χ1) is 15.6. The number of para-hydroxylation sites is 1. The molecular weight excluding hydrogens is 396 g/mol. The Morgan fingerprint density at radius 3 is 1.75 bits per heavy atom. The van der Waals surface area contributed by atoms with Crippen molar-refractivity contribution in [2.75, 3.05) is 29.4 Å². The summed E-state index contributed by atoms with van der Waals surface area (Å²) in [5.41, 5.74) is 6.03. The van der Waals surface area contributed by atoms with Crippen molar-refractivity contribution in [3.63, 3.8) is 0 Å². The molecule has 3 aromatic carbocycles. The van der Waals surface area contributed by atoms with Crippen LogP contribution in [0.25, 0.3) is 0 Å². The number of hydrogen-bond acceptors (Lipinski definition) is 3. The SMILES string of the molecule is CCN(CC)c1ccc(CCCc2ccc(N(CC)c3ccccc3C(=O)O)cc2)cc1. The molecule has 0 amide bonds. The molecular formula is C28H34N2O2.